The minimum absolute atomic E-state index is 0.0198. The van der Waals surface area contributed by atoms with Crippen LogP contribution in [0.25, 0.3) is 0 Å². The summed E-state index contributed by atoms with van der Waals surface area (Å²) in [5.74, 6) is 0.663. The number of thioether (sulfide) groups is 1. The van der Waals surface area contributed by atoms with E-state index >= 15 is 0 Å². The lowest BCUT2D eigenvalue weighted by molar-refractivity contribution is -0.128. The Labute approximate surface area is 110 Å². The molecule has 1 heterocycles. The Morgan fingerprint density at radius 1 is 1.53 bits per heavy atom. The normalized spacial score (nSPS) is 20.0. The molecule has 1 unspecified atom stereocenters. The number of nitrogens with zero attached hydrogens (tertiary/aromatic N) is 1. The zero-order valence-electron chi connectivity index (χ0n) is 9.56. The average molecular weight is 272 g/mol. The quantitative estimate of drug-likeness (QED) is 0.843. The predicted octanol–water partition coefficient (Wildman–Crippen LogP) is 2.56. The summed E-state index contributed by atoms with van der Waals surface area (Å²) in [4.78, 5) is 13.6. The van der Waals surface area contributed by atoms with Crippen LogP contribution in [0.1, 0.15) is 10.9 Å². The van der Waals surface area contributed by atoms with Crippen LogP contribution in [-0.2, 0) is 9.53 Å². The molecule has 1 fully saturated rings. The van der Waals surface area contributed by atoms with Crippen LogP contribution in [0.2, 0.25) is 5.02 Å². The third kappa shape index (κ3) is 2.76. The van der Waals surface area contributed by atoms with Crippen LogP contribution < -0.4 is 0 Å². The van der Waals surface area contributed by atoms with E-state index in [-0.39, 0.29) is 11.3 Å². The molecule has 1 aromatic carbocycles. The summed E-state index contributed by atoms with van der Waals surface area (Å²) >= 11 is 7.78. The lowest BCUT2D eigenvalue weighted by atomic mass is 10.2. The van der Waals surface area contributed by atoms with Crippen molar-refractivity contribution in [3.05, 3.63) is 34.9 Å². The smallest absolute Gasteiger partial charge is 0.233 e. The Morgan fingerprint density at radius 3 is 3.00 bits per heavy atom. The molecule has 0 spiro atoms. The van der Waals surface area contributed by atoms with Gasteiger partial charge in [-0.15, -0.1) is 11.8 Å². The molecule has 0 radical (unpaired) electrons. The van der Waals surface area contributed by atoms with Crippen LogP contribution in [0, 0.1) is 0 Å². The highest BCUT2D eigenvalue weighted by atomic mass is 35.5. The van der Waals surface area contributed by atoms with Crippen LogP contribution in [0.4, 0.5) is 0 Å². The van der Waals surface area contributed by atoms with E-state index in [4.69, 9.17) is 16.3 Å². The molecule has 1 saturated heterocycles. The number of hydrogen-bond acceptors (Lipinski definition) is 3. The number of methoxy groups -OCH3 is 1. The molecule has 0 saturated carbocycles. The van der Waals surface area contributed by atoms with Gasteiger partial charge in [-0.3, -0.25) is 4.79 Å². The number of benzene rings is 1. The second-order valence-electron chi connectivity index (χ2n) is 3.76. The molecule has 1 amide bonds. The molecule has 0 aromatic heterocycles. The predicted molar refractivity (Wildman–Crippen MR) is 70.2 cm³/mol. The molecule has 0 bridgehead atoms. The Kier molecular flexibility index (Phi) is 4.31. The topological polar surface area (TPSA) is 29.5 Å². The summed E-state index contributed by atoms with van der Waals surface area (Å²) in [6.07, 6.45) is 0. The lowest BCUT2D eigenvalue weighted by Crippen LogP contribution is -2.31. The number of ether oxygens (including phenoxy) is 1. The van der Waals surface area contributed by atoms with Gasteiger partial charge in [-0.1, -0.05) is 29.8 Å². The van der Waals surface area contributed by atoms with Crippen LogP contribution in [-0.4, -0.2) is 36.8 Å². The Balaban J connectivity index is 2.19. The highest BCUT2D eigenvalue weighted by molar-refractivity contribution is 8.00. The maximum Gasteiger partial charge on any atom is 0.233 e. The molecule has 17 heavy (non-hydrogen) atoms. The summed E-state index contributed by atoms with van der Waals surface area (Å²) in [6, 6.07) is 7.67. The van der Waals surface area contributed by atoms with Gasteiger partial charge in [0.25, 0.3) is 0 Å². The number of halogens is 1. The molecule has 3 nitrogen and oxygen atoms in total. The summed E-state index contributed by atoms with van der Waals surface area (Å²) in [5.41, 5.74) is 1.00. The molecule has 92 valence electrons. The van der Waals surface area contributed by atoms with E-state index < -0.39 is 0 Å². The molecule has 0 N–H and O–H groups in total. The number of amides is 1. The lowest BCUT2D eigenvalue weighted by Gasteiger charge is -2.24. The van der Waals surface area contributed by atoms with Crippen molar-refractivity contribution < 1.29 is 9.53 Å². The Bertz CT molecular complexity index is 413. The van der Waals surface area contributed by atoms with E-state index in [1.165, 1.54) is 0 Å². The highest BCUT2D eigenvalue weighted by Crippen LogP contribution is 2.40. The van der Waals surface area contributed by atoms with Gasteiger partial charge in [-0.25, -0.2) is 0 Å². The van der Waals surface area contributed by atoms with Crippen LogP contribution >= 0.6 is 23.4 Å². The van der Waals surface area contributed by atoms with Crippen molar-refractivity contribution >= 4 is 29.3 Å². The number of carbonyl (C=O) groups is 1. The standard InChI is InChI=1S/C12H14ClNO2S/c1-16-7-6-14-11(15)8-17-12(14)9-4-2-3-5-10(9)13/h2-5,12H,6-8H2,1H3. The molecular weight excluding hydrogens is 258 g/mol. The van der Waals surface area contributed by atoms with Gasteiger partial charge >= 0.3 is 0 Å². The van der Waals surface area contributed by atoms with Crippen molar-refractivity contribution in [2.45, 2.75) is 5.37 Å². The van der Waals surface area contributed by atoms with E-state index in [0.717, 1.165) is 5.56 Å². The van der Waals surface area contributed by atoms with Gasteiger partial charge in [-0.2, -0.15) is 0 Å². The summed E-state index contributed by atoms with van der Waals surface area (Å²) in [5, 5.41) is 0.730. The first kappa shape index (κ1) is 12.7. The third-order valence-corrected chi connectivity index (χ3v) is 4.26. The third-order valence-electron chi connectivity index (χ3n) is 2.68. The maximum absolute atomic E-state index is 11.8. The van der Waals surface area contributed by atoms with E-state index in [9.17, 15) is 4.79 Å². The summed E-state index contributed by atoms with van der Waals surface area (Å²) in [6.45, 7) is 1.16. The van der Waals surface area contributed by atoms with E-state index in [0.29, 0.717) is 23.9 Å². The van der Waals surface area contributed by atoms with Gasteiger partial charge in [0, 0.05) is 24.2 Å². The molecule has 5 heteroatoms. The van der Waals surface area contributed by atoms with E-state index in [1.807, 2.05) is 29.2 Å². The van der Waals surface area contributed by atoms with Crippen molar-refractivity contribution in [1.82, 2.24) is 4.90 Å². The number of hydrogen-bond donors (Lipinski definition) is 0. The van der Waals surface area contributed by atoms with Crippen LogP contribution in [0.15, 0.2) is 24.3 Å². The van der Waals surface area contributed by atoms with Gasteiger partial charge in [-0.05, 0) is 6.07 Å². The number of rotatable bonds is 4. The SMILES string of the molecule is COCCN1C(=O)CSC1c1ccccc1Cl. The Hall–Kier alpha value is -0.710. The fraction of sp³-hybridized carbons (Fsp3) is 0.417. The van der Waals surface area contributed by atoms with Crippen molar-refractivity contribution in [3.63, 3.8) is 0 Å². The van der Waals surface area contributed by atoms with Crippen LogP contribution in [0.3, 0.4) is 0 Å². The molecule has 1 aliphatic heterocycles. The monoisotopic (exact) mass is 271 g/mol. The van der Waals surface area contributed by atoms with Gasteiger partial charge in [0.15, 0.2) is 0 Å². The fourth-order valence-corrected chi connectivity index (χ4v) is 3.38. The van der Waals surface area contributed by atoms with Crippen LogP contribution in [0.5, 0.6) is 0 Å². The molecule has 0 aliphatic carbocycles. The number of carbonyl (C=O) groups excluding carboxylic acids is 1. The van der Waals surface area contributed by atoms with Gasteiger partial charge in [0.2, 0.25) is 5.91 Å². The van der Waals surface area contributed by atoms with Gasteiger partial charge in [0.05, 0.1) is 12.4 Å². The molecular formula is C12H14ClNO2S. The van der Waals surface area contributed by atoms with Gasteiger partial charge in [0.1, 0.15) is 5.37 Å². The maximum atomic E-state index is 11.8. The minimum Gasteiger partial charge on any atom is -0.383 e. The second kappa shape index (κ2) is 5.76. The second-order valence-corrected chi connectivity index (χ2v) is 5.24. The summed E-state index contributed by atoms with van der Waals surface area (Å²) < 4.78 is 5.03. The largest absolute Gasteiger partial charge is 0.383 e. The first-order valence-electron chi connectivity index (χ1n) is 5.38. The molecule has 2 rings (SSSR count). The molecule has 1 atom stereocenters. The summed E-state index contributed by atoms with van der Waals surface area (Å²) in [7, 11) is 1.64. The van der Waals surface area contributed by atoms with E-state index in [2.05, 4.69) is 0 Å². The highest BCUT2D eigenvalue weighted by Gasteiger charge is 2.33. The van der Waals surface area contributed by atoms with Crippen molar-refractivity contribution in [2.75, 3.05) is 26.0 Å². The first-order valence-corrected chi connectivity index (χ1v) is 6.81. The zero-order valence-corrected chi connectivity index (χ0v) is 11.1. The zero-order chi connectivity index (χ0) is 12.3. The Morgan fingerprint density at radius 2 is 2.29 bits per heavy atom. The van der Waals surface area contributed by atoms with Crippen molar-refractivity contribution in [3.8, 4) is 0 Å². The molecule has 1 aromatic rings. The average Bonchev–Trinajstić information content (AvgIpc) is 2.69. The molecule has 1 aliphatic rings. The van der Waals surface area contributed by atoms with Crippen molar-refractivity contribution in [2.24, 2.45) is 0 Å². The van der Waals surface area contributed by atoms with Gasteiger partial charge < -0.3 is 9.64 Å². The first-order chi connectivity index (χ1) is 8.24. The van der Waals surface area contributed by atoms with E-state index in [1.54, 1.807) is 18.9 Å². The van der Waals surface area contributed by atoms with Crippen molar-refractivity contribution in [1.29, 1.82) is 0 Å². The fourth-order valence-electron chi connectivity index (χ4n) is 1.82. The minimum atomic E-state index is 0.0198.